The van der Waals surface area contributed by atoms with Gasteiger partial charge in [0.05, 0.1) is 23.1 Å². The van der Waals surface area contributed by atoms with Crippen molar-refractivity contribution in [3.05, 3.63) is 76.6 Å². The summed E-state index contributed by atoms with van der Waals surface area (Å²) < 4.78 is 7.41. The Kier molecular flexibility index (Phi) is 7.71. The van der Waals surface area contributed by atoms with E-state index in [1.165, 1.54) is 12.5 Å². The maximum atomic E-state index is 13.5. The van der Waals surface area contributed by atoms with Crippen LogP contribution in [0.4, 0.5) is 10.5 Å². The average Bonchev–Trinajstić information content (AvgIpc) is 3.30. The van der Waals surface area contributed by atoms with Crippen LogP contribution in [0.15, 0.2) is 48.7 Å². The van der Waals surface area contributed by atoms with Gasteiger partial charge in [-0.1, -0.05) is 6.07 Å². The van der Waals surface area contributed by atoms with Gasteiger partial charge in [0.1, 0.15) is 5.60 Å². The van der Waals surface area contributed by atoms with E-state index in [1.807, 2.05) is 31.5 Å². The third-order valence-electron chi connectivity index (χ3n) is 6.87. The molecule has 0 atom stereocenters. The van der Waals surface area contributed by atoms with E-state index in [0.717, 1.165) is 16.9 Å². The Balaban J connectivity index is 1.62. The molecule has 3 aromatic rings. The summed E-state index contributed by atoms with van der Waals surface area (Å²) in [6.45, 7) is 12.3. The lowest BCUT2D eigenvalue weighted by Crippen LogP contribution is -2.41. The van der Waals surface area contributed by atoms with Gasteiger partial charge < -0.3 is 15.0 Å². The first kappa shape index (κ1) is 27.1. The fraction of sp³-hybridized carbons (Fsp3) is 0.400. The van der Waals surface area contributed by atoms with Gasteiger partial charge in [0.2, 0.25) is 0 Å². The zero-order valence-electron chi connectivity index (χ0n) is 23.0. The summed E-state index contributed by atoms with van der Waals surface area (Å²) in [5.74, 6) is -0.267. The van der Waals surface area contributed by atoms with Crippen LogP contribution < -0.4 is 5.32 Å². The lowest BCUT2D eigenvalue weighted by Gasteiger charge is -2.34. The molecule has 0 spiro atoms. The van der Waals surface area contributed by atoms with Gasteiger partial charge in [-0.25, -0.2) is 9.48 Å². The van der Waals surface area contributed by atoms with Crippen molar-refractivity contribution in [3.63, 3.8) is 0 Å². The summed E-state index contributed by atoms with van der Waals surface area (Å²) in [4.78, 5) is 39.4. The lowest BCUT2D eigenvalue weighted by molar-refractivity contribution is 0.0203. The molecule has 8 heteroatoms. The number of aryl methyl sites for hydroxylation is 2. The van der Waals surface area contributed by atoms with Crippen molar-refractivity contribution in [3.8, 4) is 5.69 Å². The Morgan fingerprint density at radius 1 is 0.974 bits per heavy atom. The molecule has 0 unspecified atom stereocenters. The number of nitrogens with one attached hydrogen (secondary N) is 1. The summed E-state index contributed by atoms with van der Waals surface area (Å²) in [6.07, 6.45) is 2.67. The number of piperidine rings is 1. The number of amides is 2. The van der Waals surface area contributed by atoms with Crippen molar-refractivity contribution in [2.45, 2.75) is 65.9 Å². The van der Waals surface area contributed by atoms with Crippen LogP contribution in [-0.4, -0.2) is 51.2 Å². The summed E-state index contributed by atoms with van der Waals surface area (Å²) in [7, 11) is 0. The highest BCUT2D eigenvalue weighted by molar-refractivity contribution is 6.05. The quantitative estimate of drug-likeness (QED) is 0.416. The van der Waals surface area contributed by atoms with Gasteiger partial charge in [0, 0.05) is 30.3 Å². The average molecular weight is 517 g/mol. The normalized spacial score (nSPS) is 14.3. The van der Waals surface area contributed by atoms with Crippen LogP contribution in [0.1, 0.15) is 84.0 Å². The number of benzene rings is 2. The number of likely N-dealkylation sites (tertiary alicyclic amines) is 1. The van der Waals surface area contributed by atoms with Crippen LogP contribution in [-0.2, 0) is 4.74 Å². The first-order valence-electron chi connectivity index (χ1n) is 13.0. The molecule has 2 amide bonds. The summed E-state index contributed by atoms with van der Waals surface area (Å²) in [5.41, 5.74) is 5.17. The van der Waals surface area contributed by atoms with Gasteiger partial charge in [0.15, 0.2) is 5.78 Å². The van der Waals surface area contributed by atoms with Crippen LogP contribution in [0.25, 0.3) is 5.69 Å². The number of ketones is 1. The van der Waals surface area contributed by atoms with Crippen molar-refractivity contribution in [2.75, 3.05) is 18.4 Å². The fourth-order valence-corrected chi connectivity index (χ4v) is 4.64. The summed E-state index contributed by atoms with van der Waals surface area (Å²) in [5, 5.41) is 7.59. The number of rotatable bonds is 5. The zero-order chi connectivity index (χ0) is 27.6. The molecule has 1 saturated heterocycles. The molecule has 200 valence electrons. The van der Waals surface area contributed by atoms with Crippen molar-refractivity contribution < 1.29 is 19.1 Å². The van der Waals surface area contributed by atoms with Gasteiger partial charge in [-0.3, -0.25) is 9.59 Å². The molecule has 38 heavy (non-hydrogen) atoms. The number of carbonyl (C=O) groups excluding carboxylic acids is 3. The Morgan fingerprint density at radius 3 is 2.21 bits per heavy atom. The van der Waals surface area contributed by atoms with Gasteiger partial charge in [-0.2, -0.15) is 5.10 Å². The molecule has 2 aromatic carbocycles. The van der Waals surface area contributed by atoms with Crippen molar-refractivity contribution >= 4 is 23.5 Å². The highest BCUT2D eigenvalue weighted by Gasteiger charge is 2.32. The molecular formula is C30H36N4O4. The van der Waals surface area contributed by atoms with Crippen molar-refractivity contribution in [2.24, 2.45) is 0 Å². The first-order chi connectivity index (χ1) is 17.9. The van der Waals surface area contributed by atoms with E-state index >= 15 is 0 Å². The Hall–Kier alpha value is -3.94. The predicted molar refractivity (Wildman–Crippen MR) is 147 cm³/mol. The molecule has 8 nitrogen and oxygen atoms in total. The minimum atomic E-state index is -0.552. The third kappa shape index (κ3) is 6.13. The van der Waals surface area contributed by atoms with Gasteiger partial charge in [-0.05, 0) is 102 Å². The highest BCUT2D eigenvalue weighted by atomic mass is 16.6. The number of nitrogens with zero attached hydrogens (tertiary/aromatic N) is 3. The van der Waals surface area contributed by atoms with E-state index in [0.29, 0.717) is 42.7 Å². The second-order valence-corrected chi connectivity index (χ2v) is 11.0. The number of Topliss-reactive ketones (excluding diaryl/α,β-unsaturated/α-hetero) is 1. The van der Waals surface area contributed by atoms with Gasteiger partial charge in [0.25, 0.3) is 5.91 Å². The SMILES string of the molecule is CC(=O)c1ccc(NC(=O)c2cnn(-c3ccc(C)c(C)c3)c2C2CCN(C(=O)OC(C)(C)C)CC2)cc1. The monoisotopic (exact) mass is 516 g/mol. The molecule has 1 aliphatic heterocycles. The fourth-order valence-electron chi connectivity index (χ4n) is 4.64. The van der Waals surface area contributed by atoms with Gasteiger partial charge in [-0.15, -0.1) is 0 Å². The molecule has 1 fully saturated rings. The Bertz CT molecular complexity index is 1340. The highest BCUT2D eigenvalue weighted by Crippen LogP contribution is 2.33. The minimum absolute atomic E-state index is 0.0265. The van der Waals surface area contributed by atoms with Crippen LogP contribution in [0.2, 0.25) is 0 Å². The molecule has 4 rings (SSSR count). The summed E-state index contributed by atoms with van der Waals surface area (Å²) >= 11 is 0. The molecule has 0 aliphatic carbocycles. The van der Waals surface area contributed by atoms with Crippen molar-refractivity contribution in [1.82, 2.24) is 14.7 Å². The first-order valence-corrected chi connectivity index (χ1v) is 13.0. The number of carbonyl (C=O) groups is 3. The number of aromatic nitrogens is 2. The lowest BCUT2D eigenvalue weighted by atomic mass is 9.90. The standard InChI is InChI=1S/C30H36N4O4/c1-19-7-12-25(17-20(19)2)34-27(23-13-15-33(16-14-23)29(37)38-30(4,5)6)26(18-31-34)28(36)32-24-10-8-22(9-11-24)21(3)35/h7-12,17-18,23H,13-16H2,1-6H3,(H,32,36). The molecule has 1 aliphatic rings. The zero-order valence-corrected chi connectivity index (χ0v) is 23.0. The third-order valence-corrected chi connectivity index (χ3v) is 6.87. The van der Waals surface area contributed by atoms with Crippen LogP contribution in [0, 0.1) is 13.8 Å². The smallest absolute Gasteiger partial charge is 0.410 e. The van der Waals surface area contributed by atoms with Crippen molar-refractivity contribution in [1.29, 1.82) is 0 Å². The maximum Gasteiger partial charge on any atom is 0.410 e. The summed E-state index contributed by atoms with van der Waals surface area (Å²) in [6, 6.07) is 13.0. The van der Waals surface area contributed by atoms with E-state index in [4.69, 9.17) is 4.74 Å². The van der Waals surface area contributed by atoms with Crippen LogP contribution >= 0.6 is 0 Å². The molecule has 1 aromatic heterocycles. The van der Waals surface area contributed by atoms with E-state index in [-0.39, 0.29) is 23.7 Å². The number of ether oxygens (including phenoxy) is 1. The molecule has 0 saturated carbocycles. The molecule has 1 N–H and O–H groups in total. The Labute approximate surface area is 224 Å². The molecule has 2 heterocycles. The van der Waals surface area contributed by atoms with E-state index in [2.05, 4.69) is 36.4 Å². The van der Waals surface area contributed by atoms with E-state index in [9.17, 15) is 14.4 Å². The molecule has 0 bridgehead atoms. The minimum Gasteiger partial charge on any atom is -0.444 e. The van der Waals surface area contributed by atoms with E-state index in [1.54, 1.807) is 35.4 Å². The maximum absolute atomic E-state index is 13.5. The Morgan fingerprint density at radius 2 is 1.63 bits per heavy atom. The molecule has 0 radical (unpaired) electrons. The van der Waals surface area contributed by atoms with Crippen LogP contribution in [0.3, 0.4) is 0 Å². The van der Waals surface area contributed by atoms with Gasteiger partial charge >= 0.3 is 6.09 Å². The van der Waals surface area contributed by atoms with E-state index < -0.39 is 5.60 Å². The number of anilines is 1. The molecular weight excluding hydrogens is 480 g/mol. The second-order valence-electron chi connectivity index (χ2n) is 11.0. The predicted octanol–water partition coefficient (Wildman–Crippen LogP) is 6.06. The number of hydrogen-bond acceptors (Lipinski definition) is 5. The number of hydrogen-bond donors (Lipinski definition) is 1. The van der Waals surface area contributed by atoms with Crippen LogP contribution in [0.5, 0.6) is 0 Å². The second kappa shape index (κ2) is 10.8. The largest absolute Gasteiger partial charge is 0.444 e. The topological polar surface area (TPSA) is 93.5 Å².